The number of primary amides is 1. The molecule has 5 nitrogen and oxygen atoms in total. The smallest absolute Gasteiger partial charge is 0.258 e. The Morgan fingerprint density at radius 1 is 1.28 bits per heavy atom. The average molecular weight is 410 g/mol. The van der Waals surface area contributed by atoms with Crippen molar-refractivity contribution >= 4 is 17.7 Å². The number of nitrogens with zero attached hydrogens (tertiary/aromatic N) is 2. The van der Waals surface area contributed by atoms with Crippen LogP contribution >= 0.6 is 11.8 Å². The predicted octanol–water partition coefficient (Wildman–Crippen LogP) is 3.82. The summed E-state index contributed by atoms with van der Waals surface area (Å²) < 4.78 is 1.69. The van der Waals surface area contributed by atoms with Gasteiger partial charge in [-0.1, -0.05) is 67.4 Å². The summed E-state index contributed by atoms with van der Waals surface area (Å²) in [4.78, 5) is 30.2. The molecule has 2 aromatic rings. The molecule has 1 amide bonds. The lowest BCUT2D eigenvalue weighted by molar-refractivity contribution is -0.115. The molecule has 6 heteroatoms. The molecule has 0 aliphatic heterocycles. The lowest BCUT2D eigenvalue weighted by Gasteiger charge is -2.42. The van der Waals surface area contributed by atoms with E-state index in [9.17, 15) is 9.59 Å². The fourth-order valence-electron chi connectivity index (χ4n) is 4.88. The van der Waals surface area contributed by atoms with E-state index in [4.69, 9.17) is 10.7 Å². The molecule has 1 saturated carbocycles. The number of allylic oxidation sites excluding steroid dienone is 1. The van der Waals surface area contributed by atoms with Crippen LogP contribution in [0.1, 0.15) is 50.2 Å². The first kappa shape index (κ1) is 20.0. The molecular weight excluding hydrogens is 382 g/mol. The molecule has 1 spiro atoms. The third kappa shape index (κ3) is 3.66. The van der Waals surface area contributed by atoms with Crippen LogP contribution in [0.15, 0.2) is 46.4 Å². The highest BCUT2D eigenvalue weighted by atomic mass is 32.2. The molecule has 0 radical (unpaired) electrons. The number of carbonyl (C=O) groups is 1. The summed E-state index contributed by atoms with van der Waals surface area (Å²) in [5, 5.41) is 0.540. The largest absolute Gasteiger partial charge is 0.369 e. The maximum atomic E-state index is 13.9. The van der Waals surface area contributed by atoms with E-state index in [2.05, 4.69) is 24.8 Å². The molecule has 0 atom stereocenters. The first-order chi connectivity index (χ1) is 13.9. The van der Waals surface area contributed by atoms with Gasteiger partial charge in [-0.2, -0.15) is 0 Å². The number of fused-ring (bicyclic) bond motifs is 4. The van der Waals surface area contributed by atoms with Gasteiger partial charge < -0.3 is 5.73 Å². The summed E-state index contributed by atoms with van der Waals surface area (Å²) in [6.07, 6.45) is 6.43. The molecule has 152 valence electrons. The minimum atomic E-state index is -0.423. The molecule has 0 bridgehead atoms. The van der Waals surface area contributed by atoms with Crippen LogP contribution < -0.4 is 11.3 Å². The Hall–Kier alpha value is -2.34. The lowest BCUT2D eigenvalue weighted by Crippen LogP contribution is -2.43. The first-order valence-electron chi connectivity index (χ1n) is 10.2. The van der Waals surface area contributed by atoms with E-state index in [0.29, 0.717) is 11.7 Å². The highest BCUT2D eigenvalue weighted by molar-refractivity contribution is 7.99. The number of carbonyl (C=O) groups excluding carboxylic acids is 1. The third-order valence-corrected chi connectivity index (χ3v) is 7.05. The van der Waals surface area contributed by atoms with Gasteiger partial charge in [-0.25, -0.2) is 4.98 Å². The first-order valence-corrected chi connectivity index (χ1v) is 11.2. The molecule has 29 heavy (non-hydrogen) atoms. The SMILES string of the molecule is C=C(C)Cn1c(SCC(N)=O)nc2c(c1=O)C1(CCCCC1)Cc1ccccc1-2. The van der Waals surface area contributed by atoms with Gasteiger partial charge in [-0.15, -0.1) is 0 Å². The number of thioether (sulfide) groups is 1. The quantitative estimate of drug-likeness (QED) is 0.463. The van der Waals surface area contributed by atoms with Gasteiger partial charge in [0.2, 0.25) is 5.91 Å². The molecule has 0 saturated heterocycles. The number of hydrogen-bond donors (Lipinski definition) is 1. The average Bonchev–Trinajstić information content (AvgIpc) is 2.68. The van der Waals surface area contributed by atoms with Crippen LogP contribution in [-0.4, -0.2) is 21.2 Å². The molecule has 4 rings (SSSR count). The van der Waals surface area contributed by atoms with Gasteiger partial charge in [0, 0.05) is 17.5 Å². The zero-order valence-corrected chi connectivity index (χ0v) is 17.7. The Morgan fingerprint density at radius 2 is 2.00 bits per heavy atom. The Labute approximate surface area is 175 Å². The summed E-state index contributed by atoms with van der Waals surface area (Å²) in [6.45, 7) is 6.30. The summed E-state index contributed by atoms with van der Waals surface area (Å²) in [5.74, 6) is -0.332. The zero-order chi connectivity index (χ0) is 20.6. The number of hydrogen-bond acceptors (Lipinski definition) is 4. The summed E-state index contributed by atoms with van der Waals surface area (Å²) >= 11 is 1.23. The van der Waals surface area contributed by atoms with Gasteiger partial charge >= 0.3 is 0 Å². The van der Waals surface area contributed by atoms with Gasteiger partial charge in [0.15, 0.2) is 5.16 Å². The monoisotopic (exact) mass is 409 g/mol. The molecule has 1 heterocycles. The van der Waals surface area contributed by atoms with Crippen LogP contribution in [0.5, 0.6) is 0 Å². The van der Waals surface area contributed by atoms with E-state index in [1.54, 1.807) is 4.57 Å². The Bertz CT molecular complexity index is 1030. The normalized spacial score (nSPS) is 16.9. The van der Waals surface area contributed by atoms with Gasteiger partial charge in [0.05, 0.1) is 17.0 Å². The van der Waals surface area contributed by atoms with E-state index < -0.39 is 5.91 Å². The summed E-state index contributed by atoms with van der Waals surface area (Å²) in [7, 11) is 0. The van der Waals surface area contributed by atoms with Gasteiger partial charge in [-0.05, 0) is 31.7 Å². The molecule has 2 aliphatic carbocycles. The molecule has 1 aromatic heterocycles. The highest BCUT2D eigenvalue weighted by Crippen LogP contribution is 2.48. The van der Waals surface area contributed by atoms with E-state index in [1.807, 2.05) is 13.0 Å². The van der Waals surface area contributed by atoms with Crippen molar-refractivity contribution in [3.63, 3.8) is 0 Å². The van der Waals surface area contributed by atoms with Crippen molar-refractivity contribution in [2.45, 2.75) is 62.6 Å². The van der Waals surface area contributed by atoms with Crippen molar-refractivity contribution in [1.82, 2.24) is 9.55 Å². The third-order valence-electron chi connectivity index (χ3n) is 6.05. The zero-order valence-electron chi connectivity index (χ0n) is 16.9. The number of amides is 1. The van der Waals surface area contributed by atoms with Crippen LogP contribution in [0.4, 0.5) is 0 Å². The van der Waals surface area contributed by atoms with Gasteiger partial charge in [0.25, 0.3) is 5.56 Å². The van der Waals surface area contributed by atoms with E-state index in [-0.39, 0.29) is 16.7 Å². The fraction of sp³-hybridized carbons (Fsp3) is 0.435. The predicted molar refractivity (Wildman–Crippen MR) is 117 cm³/mol. The molecule has 1 aromatic carbocycles. The minimum Gasteiger partial charge on any atom is -0.369 e. The molecular formula is C23H27N3O2S. The number of aromatic nitrogens is 2. The van der Waals surface area contributed by atoms with Crippen LogP contribution in [-0.2, 0) is 23.2 Å². The lowest BCUT2D eigenvalue weighted by atomic mass is 9.62. The van der Waals surface area contributed by atoms with Crippen molar-refractivity contribution in [3.8, 4) is 11.3 Å². The van der Waals surface area contributed by atoms with Crippen LogP contribution in [0.2, 0.25) is 0 Å². The van der Waals surface area contributed by atoms with Gasteiger partial charge in [-0.3, -0.25) is 14.2 Å². The Balaban J connectivity index is 1.98. The molecule has 2 aliphatic rings. The van der Waals surface area contributed by atoms with Crippen molar-refractivity contribution in [3.05, 3.63) is 57.9 Å². The topological polar surface area (TPSA) is 78.0 Å². The van der Waals surface area contributed by atoms with Crippen molar-refractivity contribution in [2.24, 2.45) is 5.73 Å². The number of benzene rings is 1. The second kappa shape index (κ2) is 7.82. The van der Waals surface area contributed by atoms with Crippen LogP contribution in [0.3, 0.4) is 0 Å². The van der Waals surface area contributed by atoms with E-state index in [0.717, 1.165) is 54.5 Å². The number of rotatable bonds is 5. The second-order valence-corrected chi connectivity index (χ2v) is 9.34. The standard InChI is InChI=1S/C23H27N3O2S/c1-15(2)13-26-21(28)19-20(25-22(26)29-14-18(24)27)17-9-5-4-8-16(17)12-23(19)10-6-3-7-11-23/h4-5,8-9H,1,3,6-7,10-14H2,2H3,(H2,24,27). The van der Waals surface area contributed by atoms with Crippen LogP contribution in [0, 0.1) is 0 Å². The maximum absolute atomic E-state index is 13.9. The molecule has 2 N–H and O–H groups in total. The van der Waals surface area contributed by atoms with Crippen LogP contribution in [0.25, 0.3) is 11.3 Å². The Kier molecular flexibility index (Phi) is 5.38. The van der Waals surface area contributed by atoms with E-state index >= 15 is 0 Å². The fourth-order valence-corrected chi connectivity index (χ4v) is 5.61. The maximum Gasteiger partial charge on any atom is 0.258 e. The van der Waals surface area contributed by atoms with E-state index in [1.165, 1.54) is 23.7 Å². The summed E-state index contributed by atoms with van der Waals surface area (Å²) in [6, 6.07) is 8.28. The van der Waals surface area contributed by atoms with Crippen molar-refractivity contribution < 1.29 is 4.79 Å². The van der Waals surface area contributed by atoms with Crippen molar-refractivity contribution in [1.29, 1.82) is 0 Å². The summed E-state index contributed by atoms with van der Waals surface area (Å²) in [5.41, 5.74) is 10.1. The van der Waals surface area contributed by atoms with Gasteiger partial charge in [0.1, 0.15) is 0 Å². The number of nitrogens with two attached hydrogens (primary N) is 1. The highest BCUT2D eigenvalue weighted by Gasteiger charge is 2.43. The van der Waals surface area contributed by atoms with Crippen molar-refractivity contribution in [2.75, 3.05) is 5.75 Å². The Morgan fingerprint density at radius 3 is 2.69 bits per heavy atom. The second-order valence-electron chi connectivity index (χ2n) is 8.40. The molecule has 1 fully saturated rings. The molecule has 0 unspecified atom stereocenters. The minimum absolute atomic E-state index is 0.0152.